The van der Waals surface area contributed by atoms with Crippen LogP contribution in [-0.4, -0.2) is 25.5 Å². The molecule has 1 aliphatic carbocycles. The first-order chi connectivity index (χ1) is 9.45. The van der Waals surface area contributed by atoms with Crippen molar-refractivity contribution in [1.29, 1.82) is 5.26 Å². The molecule has 1 saturated carbocycles. The van der Waals surface area contributed by atoms with Crippen molar-refractivity contribution in [3.8, 4) is 6.07 Å². The van der Waals surface area contributed by atoms with E-state index < -0.39 is 15.6 Å². The SMILES string of the molecule is Cl.N#Cc1cncc(S(=O)(=O)NCC2(N)CCCCC2)c1. The molecule has 3 N–H and O–H groups in total. The molecule has 1 heterocycles. The number of nitrogens with zero attached hydrogens (tertiary/aromatic N) is 2. The van der Waals surface area contributed by atoms with Crippen LogP contribution in [0.1, 0.15) is 37.7 Å². The molecule has 0 spiro atoms. The molecule has 1 aliphatic rings. The van der Waals surface area contributed by atoms with Crippen LogP contribution in [0, 0.1) is 11.3 Å². The molecule has 1 fully saturated rings. The molecule has 0 aliphatic heterocycles. The summed E-state index contributed by atoms with van der Waals surface area (Å²) < 4.78 is 26.9. The summed E-state index contributed by atoms with van der Waals surface area (Å²) in [6.45, 7) is 0.214. The van der Waals surface area contributed by atoms with Crippen LogP contribution in [0.5, 0.6) is 0 Å². The number of halogens is 1. The van der Waals surface area contributed by atoms with Gasteiger partial charge in [0, 0.05) is 24.5 Å². The van der Waals surface area contributed by atoms with Gasteiger partial charge in [-0.2, -0.15) is 5.26 Å². The smallest absolute Gasteiger partial charge is 0.242 e. The van der Waals surface area contributed by atoms with Gasteiger partial charge in [0.25, 0.3) is 0 Å². The molecule has 0 unspecified atom stereocenters. The van der Waals surface area contributed by atoms with Crippen molar-refractivity contribution < 1.29 is 8.42 Å². The summed E-state index contributed by atoms with van der Waals surface area (Å²) in [5, 5.41) is 8.78. The van der Waals surface area contributed by atoms with E-state index in [0.29, 0.717) is 0 Å². The van der Waals surface area contributed by atoms with Gasteiger partial charge in [0.15, 0.2) is 0 Å². The van der Waals surface area contributed by atoms with Crippen molar-refractivity contribution in [3.63, 3.8) is 0 Å². The molecule has 0 saturated heterocycles. The molecule has 1 aromatic rings. The molecule has 0 bridgehead atoms. The first-order valence-corrected chi connectivity index (χ1v) is 8.07. The number of hydrogen-bond donors (Lipinski definition) is 2. The Morgan fingerprint density at radius 1 is 1.33 bits per heavy atom. The van der Waals surface area contributed by atoms with Gasteiger partial charge in [0.1, 0.15) is 11.0 Å². The van der Waals surface area contributed by atoms with Crippen LogP contribution >= 0.6 is 12.4 Å². The molecular formula is C13H19ClN4O2S. The van der Waals surface area contributed by atoms with Crippen molar-refractivity contribution in [2.24, 2.45) is 5.73 Å². The molecule has 0 amide bonds. The van der Waals surface area contributed by atoms with Gasteiger partial charge in [0.2, 0.25) is 10.0 Å². The van der Waals surface area contributed by atoms with E-state index in [1.54, 1.807) is 0 Å². The third kappa shape index (κ3) is 4.64. The number of rotatable bonds is 4. The number of nitriles is 1. The van der Waals surface area contributed by atoms with Crippen molar-refractivity contribution in [2.45, 2.75) is 42.5 Å². The lowest BCUT2D eigenvalue weighted by Gasteiger charge is -2.33. The van der Waals surface area contributed by atoms with Crippen LogP contribution in [-0.2, 0) is 10.0 Å². The third-order valence-electron chi connectivity index (χ3n) is 3.62. The second kappa shape index (κ2) is 7.18. The average Bonchev–Trinajstić information content (AvgIpc) is 2.46. The normalized spacial score (nSPS) is 17.5. The van der Waals surface area contributed by atoms with E-state index in [4.69, 9.17) is 11.0 Å². The van der Waals surface area contributed by atoms with Gasteiger partial charge in [-0.1, -0.05) is 19.3 Å². The lowest BCUT2D eigenvalue weighted by molar-refractivity contribution is 0.296. The minimum atomic E-state index is -3.67. The van der Waals surface area contributed by atoms with Crippen LogP contribution in [0.15, 0.2) is 23.4 Å². The highest BCUT2D eigenvalue weighted by Gasteiger charge is 2.29. The van der Waals surface area contributed by atoms with Gasteiger partial charge in [-0.15, -0.1) is 12.4 Å². The van der Waals surface area contributed by atoms with Crippen LogP contribution in [0.3, 0.4) is 0 Å². The minimum Gasteiger partial charge on any atom is -0.324 e. The maximum absolute atomic E-state index is 12.2. The van der Waals surface area contributed by atoms with E-state index in [1.165, 1.54) is 18.5 Å². The Labute approximate surface area is 131 Å². The summed E-state index contributed by atoms with van der Waals surface area (Å²) in [7, 11) is -3.67. The summed E-state index contributed by atoms with van der Waals surface area (Å²) in [5.74, 6) is 0. The van der Waals surface area contributed by atoms with Gasteiger partial charge in [-0.3, -0.25) is 4.98 Å². The third-order valence-corrected chi connectivity index (χ3v) is 4.98. The maximum Gasteiger partial charge on any atom is 0.242 e. The fourth-order valence-corrected chi connectivity index (χ4v) is 3.51. The van der Waals surface area contributed by atoms with Crippen molar-refractivity contribution in [3.05, 3.63) is 24.0 Å². The summed E-state index contributed by atoms with van der Waals surface area (Å²) in [6.07, 6.45) is 7.42. The topological polar surface area (TPSA) is 109 Å². The molecule has 8 heteroatoms. The standard InChI is InChI=1S/C13H18N4O2S.ClH/c14-7-11-6-12(9-16-8-11)20(18,19)17-10-13(15)4-2-1-3-5-13;/h6,8-9,17H,1-5,10,15H2;1H. The Morgan fingerprint density at radius 3 is 2.62 bits per heavy atom. The van der Waals surface area contributed by atoms with E-state index in [1.807, 2.05) is 6.07 Å². The molecule has 0 radical (unpaired) electrons. The van der Waals surface area contributed by atoms with Crippen LogP contribution in [0.2, 0.25) is 0 Å². The Morgan fingerprint density at radius 2 is 2.00 bits per heavy atom. The van der Waals surface area contributed by atoms with E-state index in [0.717, 1.165) is 32.1 Å². The summed E-state index contributed by atoms with van der Waals surface area (Å²) >= 11 is 0. The first-order valence-electron chi connectivity index (χ1n) is 6.59. The van der Waals surface area contributed by atoms with Crippen molar-refractivity contribution in [1.82, 2.24) is 9.71 Å². The Kier molecular flexibility index (Phi) is 6.10. The predicted octanol–water partition coefficient (Wildman–Crippen LogP) is 1.31. The van der Waals surface area contributed by atoms with Crippen LogP contribution in [0.4, 0.5) is 0 Å². The minimum absolute atomic E-state index is 0. The molecule has 1 aromatic heterocycles. The predicted molar refractivity (Wildman–Crippen MR) is 81.4 cm³/mol. The van der Waals surface area contributed by atoms with Gasteiger partial charge >= 0.3 is 0 Å². The zero-order chi connectivity index (χ0) is 14.6. The van der Waals surface area contributed by atoms with Gasteiger partial charge < -0.3 is 5.73 Å². The van der Waals surface area contributed by atoms with E-state index >= 15 is 0 Å². The fraction of sp³-hybridized carbons (Fsp3) is 0.538. The van der Waals surface area contributed by atoms with Crippen molar-refractivity contribution >= 4 is 22.4 Å². The zero-order valence-corrected chi connectivity index (χ0v) is 13.2. The molecule has 21 heavy (non-hydrogen) atoms. The highest BCUT2D eigenvalue weighted by atomic mass is 35.5. The number of aromatic nitrogens is 1. The number of hydrogen-bond acceptors (Lipinski definition) is 5. The zero-order valence-electron chi connectivity index (χ0n) is 11.6. The van der Waals surface area contributed by atoms with Crippen LogP contribution < -0.4 is 10.5 Å². The Hall–Kier alpha value is -1.20. The highest BCUT2D eigenvalue weighted by Crippen LogP contribution is 2.25. The fourth-order valence-electron chi connectivity index (χ4n) is 2.38. The van der Waals surface area contributed by atoms with E-state index in [9.17, 15) is 8.42 Å². The second-order valence-corrected chi connectivity index (χ2v) is 7.04. The lowest BCUT2D eigenvalue weighted by Crippen LogP contribution is -2.51. The summed E-state index contributed by atoms with van der Waals surface area (Å²) in [4.78, 5) is 3.76. The molecule has 116 valence electrons. The number of sulfonamides is 1. The molecule has 6 nitrogen and oxygen atoms in total. The quantitative estimate of drug-likeness (QED) is 0.865. The van der Waals surface area contributed by atoms with E-state index in [-0.39, 0.29) is 29.4 Å². The summed E-state index contributed by atoms with van der Waals surface area (Å²) in [5.41, 5.74) is 5.95. The molecule has 0 aromatic carbocycles. The number of nitrogens with one attached hydrogen (secondary N) is 1. The monoisotopic (exact) mass is 330 g/mol. The number of pyridine rings is 1. The van der Waals surface area contributed by atoms with Gasteiger partial charge in [-0.25, -0.2) is 13.1 Å². The first kappa shape index (κ1) is 17.9. The van der Waals surface area contributed by atoms with Gasteiger partial charge in [-0.05, 0) is 18.9 Å². The lowest BCUT2D eigenvalue weighted by atomic mass is 9.83. The molecular weight excluding hydrogens is 312 g/mol. The maximum atomic E-state index is 12.2. The number of nitrogens with two attached hydrogens (primary N) is 1. The second-order valence-electron chi connectivity index (χ2n) is 5.27. The van der Waals surface area contributed by atoms with E-state index in [2.05, 4.69) is 9.71 Å². The largest absolute Gasteiger partial charge is 0.324 e. The van der Waals surface area contributed by atoms with Gasteiger partial charge in [0.05, 0.1) is 5.56 Å². The average molecular weight is 331 g/mol. The Balaban J connectivity index is 0.00000220. The molecule has 2 rings (SSSR count). The molecule has 0 atom stereocenters. The summed E-state index contributed by atoms with van der Waals surface area (Å²) in [6, 6.07) is 3.18. The highest BCUT2D eigenvalue weighted by molar-refractivity contribution is 7.89. The van der Waals surface area contributed by atoms with Crippen molar-refractivity contribution in [2.75, 3.05) is 6.54 Å². The Bertz CT molecular complexity index is 621. The van der Waals surface area contributed by atoms with Crippen LogP contribution in [0.25, 0.3) is 0 Å².